The van der Waals surface area contributed by atoms with E-state index in [9.17, 15) is 13.2 Å². The van der Waals surface area contributed by atoms with Gasteiger partial charge in [0.25, 0.3) is 10.1 Å². The number of hydrogen-bond donors (Lipinski definition) is 0. The largest absolute Gasteiger partial charge is 0.486 e. The normalized spacial score (nSPS) is 18.9. The number of carbonyl (C=O) groups is 1. The zero-order valence-electron chi connectivity index (χ0n) is 16.9. The van der Waals surface area contributed by atoms with Crippen molar-refractivity contribution in [3.8, 4) is 5.75 Å². The van der Waals surface area contributed by atoms with Crippen LogP contribution >= 0.6 is 0 Å². The van der Waals surface area contributed by atoms with E-state index in [0.29, 0.717) is 24.4 Å². The lowest BCUT2D eigenvalue weighted by Gasteiger charge is -2.19. The van der Waals surface area contributed by atoms with Gasteiger partial charge in [0.1, 0.15) is 24.6 Å². The van der Waals surface area contributed by atoms with Crippen LogP contribution < -0.4 is 4.74 Å². The molecule has 0 aliphatic carbocycles. The topological polar surface area (TPSA) is 91.4 Å². The summed E-state index contributed by atoms with van der Waals surface area (Å²) >= 11 is 0. The Morgan fingerprint density at radius 3 is 2.40 bits per heavy atom. The minimum atomic E-state index is -3.53. The Morgan fingerprint density at radius 1 is 1.00 bits per heavy atom. The van der Waals surface area contributed by atoms with Gasteiger partial charge in [-0.05, 0) is 23.3 Å². The molecule has 30 heavy (non-hydrogen) atoms. The lowest BCUT2D eigenvalue weighted by Crippen LogP contribution is -2.32. The molecule has 1 saturated heterocycles. The molecule has 162 valence electrons. The number of amides is 1. The van der Waals surface area contributed by atoms with Gasteiger partial charge < -0.3 is 19.1 Å². The Balaban J connectivity index is 1.57. The van der Waals surface area contributed by atoms with Crippen LogP contribution in [0.2, 0.25) is 0 Å². The van der Waals surface area contributed by atoms with Crippen molar-refractivity contribution in [1.29, 1.82) is 0 Å². The quantitative estimate of drug-likeness (QED) is 0.589. The highest BCUT2D eigenvalue weighted by Gasteiger charge is 2.38. The van der Waals surface area contributed by atoms with Gasteiger partial charge in [-0.3, -0.25) is 4.18 Å². The molecule has 3 rings (SSSR count). The van der Waals surface area contributed by atoms with Crippen LogP contribution in [0.15, 0.2) is 54.6 Å². The SMILES string of the molecule is COC1CN(C(=O)OCc2ccccc2)CC1Oc1cccc(COS(C)(=O)=O)c1. The smallest absolute Gasteiger partial charge is 0.410 e. The first kappa shape index (κ1) is 22.1. The molecule has 8 nitrogen and oxygen atoms in total. The fourth-order valence-electron chi connectivity index (χ4n) is 3.10. The molecule has 1 heterocycles. The monoisotopic (exact) mass is 435 g/mol. The Hall–Kier alpha value is -2.62. The van der Waals surface area contributed by atoms with Crippen molar-refractivity contribution in [3.63, 3.8) is 0 Å². The third-order valence-corrected chi connectivity index (χ3v) is 5.15. The molecule has 2 aromatic carbocycles. The zero-order chi connectivity index (χ0) is 21.6. The summed E-state index contributed by atoms with van der Waals surface area (Å²) in [6.45, 7) is 0.788. The predicted molar refractivity (Wildman–Crippen MR) is 109 cm³/mol. The molecule has 1 aliphatic rings. The van der Waals surface area contributed by atoms with Gasteiger partial charge in [0.2, 0.25) is 0 Å². The van der Waals surface area contributed by atoms with Crippen molar-refractivity contribution < 1.29 is 31.6 Å². The Morgan fingerprint density at radius 2 is 1.70 bits per heavy atom. The second-order valence-electron chi connectivity index (χ2n) is 6.99. The summed E-state index contributed by atoms with van der Waals surface area (Å²) in [6.07, 6.45) is -0.126. The fourth-order valence-corrected chi connectivity index (χ4v) is 3.45. The summed E-state index contributed by atoms with van der Waals surface area (Å²) < 4.78 is 44.1. The molecule has 0 N–H and O–H groups in total. The lowest BCUT2D eigenvalue weighted by atomic mass is 10.2. The highest BCUT2D eigenvalue weighted by atomic mass is 32.2. The van der Waals surface area contributed by atoms with Gasteiger partial charge in [-0.25, -0.2) is 4.79 Å². The zero-order valence-corrected chi connectivity index (χ0v) is 17.7. The van der Waals surface area contributed by atoms with Crippen LogP contribution in [0.4, 0.5) is 4.79 Å². The number of ether oxygens (including phenoxy) is 3. The first-order chi connectivity index (χ1) is 14.3. The third kappa shape index (κ3) is 6.45. The molecule has 0 spiro atoms. The average Bonchev–Trinajstić information content (AvgIpc) is 3.14. The summed E-state index contributed by atoms with van der Waals surface area (Å²) in [7, 11) is -1.97. The predicted octanol–water partition coefficient (Wildman–Crippen LogP) is 2.58. The van der Waals surface area contributed by atoms with Crippen LogP contribution in [-0.2, 0) is 37.0 Å². The maximum atomic E-state index is 12.4. The average molecular weight is 435 g/mol. The second kappa shape index (κ2) is 9.92. The van der Waals surface area contributed by atoms with E-state index in [1.165, 1.54) is 0 Å². The summed E-state index contributed by atoms with van der Waals surface area (Å²) in [5, 5.41) is 0. The van der Waals surface area contributed by atoms with Gasteiger partial charge in [0, 0.05) is 7.11 Å². The van der Waals surface area contributed by atoms with Gasteiger partial charge in [-0.2, -0.15) is 8.42 Å². The van der Waals surface area contributed by atoms with Gasteiger partial charge in [0.15, 0.2) is 0 Å². The van der Waals surface area contributed by atoms with Crippen LogP contribution in [0.25, 0.3) is 0 Å². The molecule has 2 aromatic rings. The van der Waals surface area contributed by atoms with Crippen LogP contribution in [-0.4, -0.2) is 58.1 Å². The van der Waals surface area contributed by atoms with Crippen molar-refractivity contribution in [2.45, 2.75) is 25.4 Å². The summed E-state index contributed by atoms with van der Waals surface area (Å²) in [5.74, 6) is 0.538. The van der Waals surface area contributed by atoms with Crippen LogP contribution in [0.3, 0.4) is 0 Å². The van der Waals surface area contributed by atoms with Gasteiger partial charge in [0.05, 0.1) is 26.0 Å². The summed E-state index contributed by atoms with van der Waals surface area (Å²) in [6, 6.07) is 16.4. The molecule has 0 radical (unpaired) electrons. The minimum absolute atomic E-state index is 0.0770. The van der Waals surface area contributed by atoms with Crippen LogP contribution in [0, 0.1) is 0 Å². The van der Waals surface area contributed by atoms with E-state index >= 15 is 0 Å². The number of hydrogen-bond acceptors (Lipinski definition) is 7. The number of carbonyl (C=O) groups excluding carboxylic acids is 1. The molecule has 1 fully saturated rings. The van der Waals surface area contributed by atoms with Crippen molar-refractivity contribution in [3.05, 3.63) is 65.7 Å². The van der Waals surface area contributed by atoms with Gasteiger partial charge >= 0.3 is 6.09 Å². The highest BCUT2D eigenvalue weighted by Crippen LogP contribution is 2.23. The standard InChI is InChI=1S/C21H25NO7S/c1-26-19-12-22(21(23)27-14-16-7-4-3-5-8-16)13-20(19)29-18-10-6-9-17(11-18)15-28-30(2,24)25/h3-11,19-20H,12-15H2,1-2H3. The minimum Gasteiger partial charge on any atom is -0.486 e. The Bertz CT molecular complexity index is 949. The van der Waals surface area contributed by atoms with E-state index in [4.69, 9.17) is 18.4 Å². The van der Waals surface area contributed by atoms with Gasteiger partial charge in [-0.15, -0.1) is 0 Å². The highest BCUT2D eigenvalue weighted by molar-refractivity contribution is 7.85. The van der Waals surface area contributed by atoms with E-state index in [2.05, 4.69) is 0 Å². The summed E-state index contributed by atoms with van der Waals surface area (Å²) in [4.78, 5) is 14.0. The molecule has 2 unspecified atom stereocenters. The maximum Gasteiger partial charge on any atom is 0.410 e. The van der Waals surface area contributed by atoms with E-state index in [1.807, 2.05) is 30.3 Å². The van der Waals surface area contributed by atoms with Crippen LogP contribution in [0.1, 0.15) is 11.1 Å². The molecular weight excluding hydrogens is 410 g/mol. The number of rotatable bonds is 8. The molecule has 9 heteroatoms. The molecule has 0 bridgehead atoms. The first-order valence-electron chi connectivity index (χ1n) is 9.42. The van der Waals surface area contributed by atoms with E-state index in [0.717, 1.165) is 11.8 Å². The fraction of sp³-hybridized carbons (Fsp3) is 0.381. The van der Waals surface area contributed by atoms with Crippen molar-refractivity contribution >= 4 is 16.2 Å². The van der Waals surface area contributed by atoms with Crippen molar-refractivity contribution in [2.75, 3.05) is 26.5 Å². The lowest BCUT2D eigenvalue weighted by molar-refractivity contribution is 0.0338. The number of benzene rings is 2. The van der Waals surface area contributed by atoms with E-state index < -0.39 is 16.2 Å². The van der Waals surface area contributed by atoms with E-state index in [-0.39, 0.29) is 25.4 Å². The first-order valence-corrected chi connectivity index (χ1v) is 11.2. The molecular formula is C21H25NO7S. The molecule has 0 aromatic heterocycles. The maximum absolute atomic E-state index is 12.4. The van der Waals surface area contributed by atoms with Crippen molar-refractivity contribution in [1.82, 2.24) is 4.90 Å². The number of nitrogens with zero attached hydrogens (tertiary/aromatic N) is 1. The van der Waals surface area contributed by atoms with Crippen molar-refractivity contribution in [2.24, 2.45) is 0 Å². The third-order valence-electron chi connectivity index (χ3n) is 4.61. The molecule has 1 amide bonds. The number of likely N-dealkylation sites (tertiary alicyclic amines) is 1. The van der Waals surface area contributed by atoms with Crippen LogP contribution in [0.5, 0.6) is 5.75 Å². The number of methoxy groups -OCH3 is 1. The van der Waals surface area contributed by atoms with E-state index in [1.54, 1.807) is 36.3 Å². The molecule has 2 atom stereocenters. The van der Waals surface area contributed by atoms with Gasteiger partial charge in [-0.1, -0.05) is 42.5 Å². The molecule has 0 saturated carbocycles. The Kier molecular flexibility index (Phi) is 7.30. The molecule has 1 aliphatic heterocycles. The summed E-state index contributed by atoms with van der Waals surface area (Å²) in [5.41, 5.74) is 1.57. The second-order valence-corrected chi connectivity index (χ2v) is 8.63. The Labute approximate surface area is 176 Å².